The van der Waals surface area contributed by atoms with Crippen LogP contribution in [0.2, 0.25) is 0 Å². The van der Waals surface area contributed by atoms with E-state index in [1.807, 2.05) is 42.5 Å². The Morgan fingerprint density at radius 3 is 2.50 bits per heavy atom. The van der Waals surface area contributed by atoms with Crippen LogP contribution in [0.15, 0.2) is 54.6 Å². The predicted octanol–water partition coefficient (Wildman–Crippen LogP) is 2.46. The van der Waals surface area contributed by atoms with E-state index in [9.17, 15) is 4.79 Å². The van der Waals surface area contributed by atoms with Gasteiger partial charge in [0.1, 0.15) is 5.82 Å². The molecule has 0 radical (unpaired) electrons. The van der Waals surface area contributed by atoms with Gasteiger partial charge >= 0.3 is 0 Å². The van der Waals surface area contributed by atoms with Gasteiger partial charge in [0.15, 0.2) is 5.69 Å². The molecule has 20 heavy (non-hydrogen) atoms. The molecule has 98 valence electrons. The van der Waals surface area contributed by atoms with Gasteiger partial charge in [-0.1, -0.05) is 30.3 Å². The molecule has 3 N–H and O–H groups in total. The Morgan fingerprint density at radius 2 is 1.75 bits per heavy atom. The number of anilines is 2. The van der Waals surface area contributed by atoms with Crippen molar-refractivity contribution in [1.82, 2.24) is 10.2 Å². The molecular weight excluding hydrogens is 252 g/mol. The minimum absolute atomic E-state index is 0.229. The van der Waals surface area contributed by atoms with Crippen LogP contribution >= 0.6 is 0 Å². The molecule has 0 saturated carbocycles. The summed E-state index contributed by atoms with van der Waals surface area (Å²) in [5.41, 5.74) is 6.38. The second kappa shape index (κ2) is 4.97. The largest absolute Gasteiger partial charge is 0.382 e. The highest BCUT2D eigenvalue weighted by molar-refractivity contribution is 6.03. The molecule has 3 aromatic rings. The van der Waals surface area contributed by atoms with Crippen LogP contribution in [-0.2, 0) is 0 Å². The second-order valence-electron chi connectivity index (χ2n) is 4.36. The number of carbonyl (C=O) groups excluding carboxylic acids is 1. The molecule has 2 aromatic carbocycles. The van der Waals surface area contributed by atoms with Crippen LogP contribution in [0.1, 0.15) is 10.5 Å². The van der Waals surface area contributed by atoms with Crippen molar-refractivity contribution in [1.29, 1.82) is 0 Å². The zero-order chi connectivity index (χ0) is 13.9. The van der Waals surface area contributed by atoms with E-state index in [0.29, 0.717) is 5.69 Å². The molecule has 0 aliphatic carbocycles. The van der Waals surface area contributed by atoms with Crippen LogP contribution in [0, 0.1) is 0 Å². The van der Waals surface area contributed by atoms with E-state index in [1.165, 1.54) is 0 Å². The monoisotopic (exact) mass is 264 g/mol. The molecule has 0 spiro atoms. The summed E-state index contributed by atoms with van der Waals surface area (Å²) < 4.78 is 0. The number of nitrogen functional groups attached to an aromatic ring is 1. The molecular formula is C15H12N4O. The number of hydrogen-bond donors (Lipinski definition) is 2. The van der Waals surface area contributed by atoms with Crippen LogP contribution in [-0.4, -0.2) is 16.1 Å². The summed E-state index contributed by atoms with van der Waals surface area (Å²) in [4.78, 5) is 12.0. The average molecular weight is 264 g/mol. The topological polar surface area (TPSA) is 80.9 Å². The zero-order valence-corrected chi connectivity index (χ0v) is 10.6. The minimum Gasteiger partial charge on any atom is -0.382 e. The quantitative estimate of drug-likeness (QED) is 0.745. The van der Waals surface area contributed by atoms with Crippen LogP contribution in [0.25, 0.3) is 10.8 Å². The summed E-state index contributed by atoms with van der Waals surface area (Å²) >= 11 is 0. The molecule has 3 rings (SSSR count). The highest BCUT2D eigenvalue weighted by Crippen LogP contribution is 2.19. The van der Waals surface area contributed by atoms with E-state index in [1.54, 1.807) is 12.1 Å². The summed E-state index contributed by atoms with van der Waals surface area (Å²) in [6, 6.07) is 16.8. The lowest BCUT2D eigenvalue weighted by atomic mass is 10.1. The molecule has 5 nitrogen and oxygen atoms in total. The number of fused-ring (bicyclic) bond motifs is 1. The Balaban J connectivity index is 1.85. The molecule has 0 saturated heterocycles. The fourth-order valence-corrected chi connectivity index (χ4v) is 1.93. The van der Waals surface area contributed by atoms with E-state index in [-0.39, 0.29) is 17.4 Å². The first kappa shape index (κ1) is 12.1. The van der Waals surface area contributed by atoms with Crippen molar-refractivity contribution in [3.05, 3.63) is 60.3 Å². The highest BCUT2D eigenvalue weighted by Gasteiger charge is 2.08. The first-order chi connectivity index (χ1) is 9.72. The lowest BCUT2D eigenvalue weighted by Crippen LogP contribution is -2.14. The van der Waals surface area contributed by atoms with Gasteiger partial charge in [-0.25, -0.2) is 0 Å². The molecule has 0 fully saturated rings. The van der Waals surface area contributed by atoms with Gasteiger partial charge < -0.3 is 11.1 Å². The number of nitrogens with one attached hydrogen (secondary N) is 1. The van der Waals surface area contributed by atoms with Crippen molar-refractivity contribution in [3.63, 3.8) is 0 Å². The Kier molecular flexibility index (Phi) is 3.01. The number of nitrogens with two attached hydrogens (primary N) is 1. The Hall–Kier alpha value is -2.95. The number of aromatic nitrogens is 2. The number of amides is 1. The molecule has 0 bridgehead atoms. The standard InChI is InChI=1S/C15H12N4O/c16-14-8-7-13(18-19-14)15(20)17-12-6-5-10-3-1-2-4-11(10)9-12/h1-9H,(H2,16,19)(H,17,20). The zero-order valence-electron chi connectivity index (χ0n) is 10.6. The van der Waals surface area contributed by atoms with Gasteiger partial charge in [-0.2, -0.15) is 0 Å². The van der Waals surface area contributed by atoms with Gasteiger partial charge in [0.2, 0.25) is 0 Å². The van der Waals surface area contributed by atoms with E-state index in [0.717, 1.165) is 10.8 Å². The summed E-state index contributed by atoms with van der Waals surface area (Å²) in [5, 5.41) is 12.4. The maximum atomic E-state index is 12.0. The van der Waals surface area contributed by atoms with Crippen molar-refractivity contribution >= 4 is 28.2 Å². The molecule has 0 aliphatic heterocycles. The van der Waals surface area contributed by atoms with Crippen molar-refractivity contribution in [2.75, 3.05) is 11.1 Å². The van der Waals surface area contributed by atoms with Gasteiger partial charge in [0.25, 0.3) is 5.91 Å². The number of carbonyl (C=O) groups is 1. The van der Waals surface area contributed by atoms with E-state index in [4.69, 9.17) is 5.73 Å². The summed E-state index contributed by atoms with van der Waals surface area (Å²) in [7, 11) is 0. The second-order valence-corrected chi connectivity index (χ2v) is 4.36. The highest BCUT2D eigenvalue weighted by atomic mass is 16.1. The first-order valence-corrected chi connectivity index (χ1v) is 6.12. The summed E-state index contributed by atoms with van der Waals surface area (Å²) in [6.45, 7) is 0. The van der Waals surface area contributed by atoms with Gasteiger partial charge in [0, 0.05) is 5.69 Å². The van der Waals surface area contributed by atoms with Crippen molar-refractivity contribution in [2.45, 2.75) is 0 Å². The Labute approximate surface area is 115 Å². The summed E-state index contributed by atoms with van der Waals surface area (Å²) in [5.74, 6) is -0.0277. The molecule has 1 heterocycles. The van der Waals surface area contributed by atoms with Gasteiger partial charge in [0.05, 0.1) is 0 Å². The van der Waals surface area contributed by atoms with Gasteiger partial charge in [-0.05, 0) is 35.0 Å². The normalized spacial score (nSPS) is 10.4. The first-order valence-electron chi connectivity index (χ1n) is 6.12. The van der Waals surface area contributed by atoms with Crippen LogP contribution in [0.5, 0.6) is 0 Å². The summed E-state index contributed by atoms with van der Waals surface area (Å²) in [6.07, 6.45) is 0. The Morgan fingerprint density at radius 1 is 0.950 bits per heavy atom. The van der Waals surface area contributed by atoms with Crippen molar-refractivity contribution in [3.8, 4) is 0 Å². The molecule has 1 aromatic heterocycles. The SMILES string of the molecule is Nc1ccc(C(=O)Nc2ccc3ccccc3c2)nn1. The maximum Gasteiger partial charge on any atom is 0.276 e. The van der Waals surface area contributed by atoms with Gasteiger partial charge in [-0.3, -0.25) is 4.79 Å². The third kappa shape index (κ3) is 2.42. The molecule has 5 heteroatoms. The molecule has 0 atom stereocenters. The predicted molar refractivity (Wildman–Crippen MR) is 78.3 cm³/mol. The van der Waals surface area contributed by atoms with E-state index in [2.05, 4.69) is 15.5 Å². The fourth-order valence-electron chi connectivity index (χ4n) is 1.93. The van der Waals surface area contributed by atoms with E-state index < -0.39 is 0 Å². The fraction of sp³-hybridized carbons (Fsp3) is 0. The molecule has 1 amide bonds. The lowest BCUT2D eigenvalue weighted by Gasteiger charge is -2.06. The lowest BCUT2D eigenvalue weighted by molar-refractivity contribution is 0.102. The van der Waals surface area contributed by atoms with Crippen LogP contribution in [0.4, 0.5) is 11.5 Å². The maximum absolute atomic E-state index is 12.0. The molecule has 0 unspecified atom stereocenters. The number of rotatable bonds is 2. The number of benzene rings is 2. The smallest absolute Gasteiger partial charge is 0.276 e. The average Bonchev–Trinajstić information content (AvgIpc) is 2.48. The Bertz CT molecular complexity index is 768. The third-order valence-corrected chi connectivity index (χ3v) is 2.93. The van der Waals surface area contributed by atoms with Gasteiger partial charge in [-0.15, -0.1) is 10.2 Å². The van der Waals surface area contributed by atoms with Crippen molar-refractivity contribution < 1.29 is 4.79 Å². The minimum atomic E-state index is -0.312. The van der Waals surface area contributed by atoms with E-state index >= 15 is 0 Å². The van der Waals surface area contributed by atoms with Crippen LogP contribution in [0.3, 0.4) is 0 Å². The van der Waals surface area contributed by atoms with Crippen LogP contribution < -0.4 is 11.1 Å². The third-order valence-electron chi connectivity index (χ3n) is 2.93. The molecule has 0 aliphatic rings. The van der Waals surface area contributed by atoms with Crippen molar-refractivity contribution in [2.24, 2.45) is 0 Å². The number of hydrogen-bond acceptors (Lipinski definition) is 4. The number of nitrogens with zero attached hydrogens (tertiary/aromatic N) is 2.